The minimum absolute atomic E-state index is 0.120. The van der Waals surface area contributed by atoms with E-state index in [0.29, 0.717) is 12.6 Å². The molecule has 0 N–H and O–H groups in total. The summed E-state index contributed by atoms with van der Waals surface area (Å²) >= 11 is 1.59. The van der Waals surface area contributed by atoms with Crippen LogP contribution in [0, 0.1) is 5.82 Å². The number of benzene rings is 2. The summed E-state index contributed by atoms with van der Waals surface area (Å²) in [5, 5.41) is 2.11. The second-order valence-corrected chi connectivity index (χ2v) is 8.88. The molecule has 4 aromatic rings. The number of nitrogens with zero attached hydrogens (tertiary/aromatic N) is 3. The first kappa shape index (κ1) is 19.9. The molecule has 0 atom stereocenters. The zero-order valence-electron chi connectivity index (χ0n) is 17.4. The van der Waals surface area contributed by atoms with Gasteiger partial charge in [-0.3, -0.25) is 9.20 Å². The molecule has 0 spiro atoms. The predicted molar refractivity (Wildman–Crippen MR) is 122 cm³/mol. The highest BCUT2D eigenvalue weighted by Crippen LogP contribution is 2.29. The summed E-state index contributed by atoms with van der Waals surface area (Å²) in [5.74, 6) is -0.131. The van der Waals surface area contributed by atoms with Gasteiger partial charge in [0.05, 0.1) is 5.69 Å². The zero-order valence-corrected chi connectivity index (χ0v) is 18.2. The lowest BCUT2D eigenvalue weighted by molar-refractivity contribution is 0.0744. The molecular weight excluding hydrogens is 409 g/mol. The van der Waals surface area contributed by atoms with Crippen molar-refractivity contribution in [2.45, 2.75) is 38.6 Å². The standard InChI is InChI=1S/C25H24FN3OS/c1-2-17-3-5-19(6-4-17)24(30)28(21-11-12-21)14-13-22-16-31-25-27-23(15-29(22)25)18-7-9-20(26)10-8-18/h3-10,15-16,21H,2,11-14H2,1H3. The fourth-order valence-corrected chi connectivity index (χ4v) is 4.80. The van der Waals surface area contributed by atoms with E-state index in [-0.39, 0.29) is 11.7 Å². The Morgan fingerprint density at radius 2 is 1.90 bits per heavy atom. The molecular formula is C25H24FN3OS. The van der Waals surface area contributed by atoms with E-state index in [4.69, 9.17) is 0 Å². The van der Waals surface area contributed by atoms with Crippen molar-refractivity contribution >= 4 is 22.2 Å². The van der Waals surface area contributed by atoms with Gasteiger partial charge in [0, 0.05) is 47.4 Å². The summed E-state index contributed by atoms with van der Waals surface area (Å²) in [7, 11) is 0. The first-order valence-electron chi connectivity index (χ1n) is 10.7. The summed E-state index contributed by atoms with van der Waals surface area (Å²) in [6, 6.07) is 14.7. The Kier molecular flexibility index (Phi) is 5.32. The quantitative estimate of drug-likeness (QED) is 0.380. The number of rotatable bonds is 7. The van der Waals surface area contributed by atoms with Gasteiger partial charge in [-0.05, 0) is 61.2 Å². The van der Waals surface area contributed by atoms with Crippen LogP contribution < -0.4 is 0 Å². The normalized spacial score (nSPS) is 13.6. The summed E-state index contributed by atoms with van der Waals surface area (Å²) in [6.07, 6.45) is 5.91. The Bertz CT molecular complexity index is 1210. The van der Waals surface area contributed by atoms with E-state index < -0.39 is 0 Å². The maximum Gasteiger partial charge on any atom is 0.254 e. The molecule has 158 valence electrons. The monoisotopic (exact) mass is 433 g/mol. The second-order valence-electron chi connectivity index (χ2n) is 8.04. The molecule has 4 nitrogen and oxygen atoms in total. The Balaban J connectivity index is 1.33. The van der Waals surface area contributed by atoms with Crippen molar-refractivity contribution < 1.29 is 9.18 Å². The Morgan fingerprint density at radius 1 is 1.16 bits per heavy atom. The number of fused-ring (bicyclic) bond motifs is 1. The molecule has 6 heteroatoms. The third-order valence-corrected chi connectivity index (χ3v) is 6.78. The molecule has 0 aliphatic heterocycles. The Morgan fingerprint density at radius 3 is 2.58 bits per heavy atom. The number of thiazole rings is 1. The van der Waals surface area contributed by atoms with Gasteiger partial charge in [0.1, 0.15) is 5.82 Å². The Hall–Kier alpha value is -2.99. The molecule has 2 aromatic heterocycles. The molecule has 2 heterocycles. The molecule has 2 aromatic carbocycles. The molecule has 1 amide bonds. The maximum atomic E-state index is 13.2. The van der Waals surface area contributed by atoms with Gasteiger partial charge in [0.2, 0.25) is 0 Å². The number of carbonyl (C=O) groups is 1. The van der Waals surface area contributed by atoms with Gasteiger partial charge in [-0.15, -0.1) is 11.3 Å². The van der Waals surface area contributed by atoms with E-state index in [1.807, 2.05) is 35.4 Å². The van der Waals surface area contributed by atoms with Gasteiger partial charge in [-0.25, -0.2) is 9.37 Å². The van der Waals surface area contributed by atoms with Crippen LogP contribution in [-0.2, 0) is 12.8 Å². The fraction of sp³-hybridized carbons (Fsp3) is 0.280. The largest absolute Gasteiger partial charge is 0.335 e. The SMILES string of the molecule is CCc1ccc(C(=O)N(CCc2csc3nc(-c4ccc(F)cc4)cn23)C2CC2)cc1. The van der Waals surface area contributed by atoms with Crippen LogP contribution in [0.2, 0.25) is 0 Å². The van der Waals surface area contributed by atoms with E-state index in [2.05, 4.69) is 21.7 Å². The van der Waals surface area contributed by atoms with Crippen molar-refractivity contribution in [2.75, 3.05) is 6.54 Å². The van der Waals surface area contributed by atoms with Gasteiger partial charge < -0.3 is 4.90 Å². The number of aromatic nitrogens is 2. The first-order valence-corrected chi connectivity index (χ1v) is 11.6. The summed E-state index contributed by atoms with van der Waals surface area (Å²) < 4.78 is 15.3. The highest BCUT2D eigenvalue weighted by atomic mass is 32.1. The number of imidazole rings is 1. The van der Waals surface area contributed by atoms with E-state index >= 15 is 0 Å². The van der Waals surface area contributed by atoms with Crippen molar-refractivity contribution in [1.29, 1.82) is 0 Å². The van der Waals surface area contributed by atoms with Crippen LogP contribution in [0.3, 0.4) is 0 Å². The summed E-state index contributed by atoms with van der Waals surface area (Å²) in [5.41, 5.74) is 4.88. The highest BCUT2D eigenvalue weighted by molar-refractivity contribution is 7.15. The molecule has 0 radical (unpaired) electrons. The highest BCUT2D eigenvalue weighted by Gasteiger charge is 2.33. The lowest BCUT2D eigenvalue weighted by Gasteiger charge is -2.22. The summed E-state index contributed by atoms with van der Waals surface area (Å²) in [6.45, 7) is 2.81. The number of aryl methyl sites for hydroxylation is 1. The third kappa shape index (κ3) is 4.12. The lowest BCUT2D eigenvalue weighted by atomic mass is 10.1. The second kappa shape index (κ2) is 8.27. The van der Waals surface area contributed by atoms with Crippen molar-refractivity contribution in [3.8, 4) is 11.3 Å². The van der Waals surface area contributed by atoms with Crippen LogP contribution in [0.25, 0.3) is 16.2 Å². The van der Waals surface area contributed by atoms with Crippen LogP contribution >= 0.6 is 11.3 Å². The van der Waals surface area contributed by atoms with E-state index in [1.165, 1.54) is 17.7 Å². The summed E-state index contributed by atoms with van der Waals surface area (Å²) in [4.78, 5) is 20.8. The number of halogens is 1. The number of hydrogen-bond acceptors (Lipinski definition) is 3. The Labute approximate surface area is 185 Å². The number of hydrogen-bond donors (Lipinski definition) is 0. The smallest absolute Gasteiger partial charge is 0.254 e. The predicted octanol–water partition coefficient (Wildman–Crippen LogP) is 5.61. The van der Waals surface area contributed by atoms with Gasteiger partial charge in [0.15, 0.2) is 4.96 Å². The molecule has 1 saturated carbocycles. The molecule has 0 saturated heterocycles. The van der Waals surface area contributed by atoms with Crippen molar-refractivity contribution in [3.05, 3.63) is 82.7 Å². The minimum atomic E-state index is -0.250. The van der Waals surface area contributed by atoms with Gasteiger partial charge in [-0.1, -0.05) is 19.1 Å². The minimum Gasteiger partial charge on any atom is -0.335 e. The van der Waals surface area contributed by atoms with Crippen LogP contribution in [0.5, 0.6) is 0 Å². The van der Waals surface area contributed by atoms with Crippen molar-refractivity contribution in [2.24, 2.45) is 0 Å². The molecule has 1 fully saturated rings. The van der Waals surface area contributed by atoms with E-state index in [1.54, 1.807) is 23.5 Å². The number of carbonyl (C=O) groups excluding carboxylic acids is 1. The molecule has 0 bridgehead atoms. The lowest BCUT2D eigenvalue weighted by Crippen LogP contribution is -2.35. The van der Waals surface area contributed by atoms with Crippen LogP contribution in [0.15, 0.2) is 60.1 Å². The molecule has 31 heavy (non-hydrogen) atoms. The first-order chi connectivity index (χ1) is 15.1. The number of amides is 1. The van der Waals surface area contributed by atoms with Crippen LogP contribution in [-0.4, -0.2) is 32.8 Å². The topological polar surface area (TPSA) is 37.6 Å². The molecule has 1 aliphatic rings. The molecule has 5 rings (SSSR count). The van der Waals surface area contributed by atoms with Crippen molar-refractivity contribution in [1.82, 2.24) is 14.3 Å². The third-order valence-electron chi connectivity index (χ3n) is 5.89. The van der Waals surface area contributed by atoms with Crippen molar-refractivity contribution in [3.63, 3.8) is 0 Å². The van der Waals surface area contributed by atoms with Crippen LogP contribution in [0.1, 0.15) is 41.4 Å². The average molecular weight is 434 g/mol. The fourth-order valence-electron chi connectivity index (χ4n) is 3.89. The molecule has 0 unspecified atom stereocenters. The molecule has 1 aliphatic carbocycles. The van der Waals surface area contributed by atoms with Gasteiger partial charge >= 0.3 is 0 Å². The average Bonchev–Trinajstić information content (AvgIpc) is 3.43. The van der Waals surface area contributed by atoms with E-state index in [9.17, 15) is 9.18 Å². The van der Waals surface area contributed by atoms with Gasteiger partial charge in [-0.2, -0.15) is 0 Å². The zero-order chi connectivity index (χ0) is 21.4. The maximum absolute atomic E-state index is 13.2. The van der Waals surface area contributed by atoms with E-state index in [0.717, 1.165) is 53.2 Å². The van der Waals surface area contributed by atoms with Gasteiger partial charge in [0.25, 0.3) is 5.91 Å². The van der Waals surface area contributed by atoms with Crippen LogP contribution in [0.4, 0.5) is 4.39 Å².